The van der Waals surface area contributed by atoms with Crippen LogP contribution in [0, 0.1) is 13.8 Å². The number of benzene rings is 3. The molecule has 0 spiro atoms. The second kappa shape index (κ2) is 10.2. The summed E-state index contributed by atoms with van der Waals surface area (Å²) >= 11 is 6.08. The highest BCUT2D eigenvalue weighted by Crippen LogP contribution is 2.25. The Hall–Kier alpha value is -2.98. The van der Waals surface area contributed by atoms with Crippen molar-refractivity contribution < 1.29 is 14.3 Å². The van der Waals surface area contributed by atoms with Crippen LogP contribution < -0.4 is 14.8 Å². The number of ether oxygens (including phenoxy) is 2. The average Bonchev–Trinajstić information content (AvgIpc) is 2.75. The first-order chi connectivity index (χ1) is 14.5. The summed E-state index contributed by atoms with van der Waals surface area (Å²) in [6.45, 7) is 7.19. The smallest absolute Gasteiger partial charge is 0.251 e. The molecular weight excluding hydrogens is 398 g/mol. The molecule has 0 atom stereocenters. The Morgan fingerprint density at radius 3 is 2.43 bits per heavy atom. The highest BCUT2D eigenvalue weighted by Gasteiger charge is 2.12. The van der Waals surface area contributed by atoms with Gasteiger partial charge in [-0.3, -0.25) is 4.79 Å². The van der Waals surface area contributed by atoms with Crippen LogP contribution in [0.1, 0.15) is 39.5 Å². The predicted molar refractivity (Wildman–Crippen MR) is 120 cm³/mol. The van der Waals surface area contributed by atoms with E-state index in [4.69, 9.17) is 21.1 Å². The highest BCUT2D eigenvalue weighted by molar-refractivity contribution is 6.31. The zero-order chi connectivity index (χ0) is 21.5. The molecule has 0 aliphatic heterocycles. The first kappa shape index (κ1) is 21.7. The molecule has 0 saturated carbocycles. The molecule has 3 aromatic rings. The van der Waals surface area contributed by atoms with Gasteiger partial charge in [-0.25, -0.2) is 0 Å². The molecule has 1 amide bonds. The van der Waals surface area contributed by atoms with Crippen LogP contribution in [0.4, 0.5) is 0 Å². The molecular formula is C25H26ClNO3. The lowest BCUT2D eigenvalue weighted by Gasteiger charge is -2.14. The van der Waals surface area contributed by atoms with E-state index in [2.05, 4.69) is 5.32 Å². The average molecular weight is 424 g/mol. The normalized spacial score (nSPS) is 10.5. The van der Waals surface area contributed by atoms with Crippen LogP contribution in [-0.2, 0) is 13.2 Å². The fourth-order valence-corrected chi connectivity index (χ4v) is 3.11. The third-order valence-electron chi connectivity index (χ3n) is 4.72. The number of hydrogen-bond donors (Lipinski definition) is 1. The summed E-state index contributed by atoms with van der Waals surface area (Å²) in [5.74, 6) is 1.29. The zero-order valence-corrected chi connectivity index (χ0v) is 18.3. The van der Waals surface area contributed by atoms with Crippen LogP contribution in [0.2, 0.25) is 5.02 Å². The van der Waals surface area contributed by atoms with Gasteiger partial charge < -0.3 is 14.8 Å². The minimum absolute atomic E-state index is 0.137. The van der Waals surface area contributed by atoms with Crippen molar-refractivity contribution in [1.29, 1.82) is 0 Å². The maximum absolute atomic E-state index is 12.7. The van der Waals surface area contributed by atoms with Gasteiger partial charge >= 0.3 is 0 Å². The molecule has 0 aromatic heterocycles. The van der Waals surface area contributed by atoms with Crippen LogP contribution in [0.15, 0.2) is 60.7 Å². The van der Waals surface area contributed by atoms with Crippen molar-refractivity contribution in [3.05, 3.63) is 93.5 Å². The lowest BCUT2D eigenvalue weighted by molar-refractivity contribution is 0.0950. The third kappa shape index (κ3) is 5.77. The quantitative estimate of drug-likeness (QED) is 0.493. The molecule has 1 N–H and O–H groups in total. The number of aryl methyl sites for hydroxylation is 2. The van der Waals surface area contributed by atoms with Crippen LogP contribution in [0.25, 0.3) is 0 Å². The molecule has 3 aromatic carbocycles. The fraction of sp³-hybridized carbons (Fsp3) is 0.240. The lowest BCUT2D eigenvalue weighted by atomic mass is 10.1. The predicted octanol–water partition coefficient (Wildman–Crippen LogP) is 5.86. The summed E-state index contributed by atoms with van der Waals surface area (Å²) in [4.78, 5) is 12.7. The number of halogens is 1. The van der Waals surface area contributed by atoms with Gasteiger partial charge in [0.25, 0.3) is 5.91 Å². The number of carbonyl (C=O) groups excluding carboxylic acids is 1. The molecule has 0 unspecified atom stereocenters. The van der Waals surface area contributed by atoms with Gasteiger partial charge in [0, 0.05) is 22.7 Å². The zero-order valence-electron chi connectivity index (χ0n) is 17.5. The van der Waals surface area contributed by atoms with Crippen molar-refractivity contribution in [3.8, 4) is 11.5 Å². The monoisotopic (exact) mass is 423 g/mol. The van der Waals surface area contributed by atoms with E-state index in [0.29, 0.717) is 35.2 Å². The minimum Gasteiger partial charge on any atom is -0.493 e. The van der Waals surface area contributed by atoms with E-state index in [9.17, 15) is 4.79 Å². The Kier molecular flexibility index (Phi) is 7.36. The van der Waals surface area contributed by atoms with E-state index < -0.39 is 0 Å². The van der Waals surface area contributed by atoms with Crippen molar-refractivity contribution in [2.24, 2.45) is 0 Å². The summed E-state index contributed by atoms with van der Waals surface area (Å²) in [5.41, 5.74) is 4.57. The van der Waals surface area contributed by atoms with Crippen molar-refractivity contribution in [2.75, 3.05) is 6.61 Å². The van der Waals surface area contributed by atoms with Gasteiger partial charge in [0.15, 0.2) is 0 Å². The van der Waals surface area contributed by atoms with E-state index in [0.717, 1.165) is 16.7 Å². The molecule has 5 heteroatoms. The van der Waals surface area contributed by atoms with Crippen molar-refractivity contribution in [1.82, 2.24) is 5.32 Å². The molecule has 3 rings (SSSR count). The molecule has 30 heavy (non-hydrogen) atoms. The Morgan fingerprint density at radius 1 is 0.967 bits per heavy atom. The summed E-state index contributed by atoms with van der Waals surface area (Å²) in [7, 11) is 0. The maximum Gasteiger partial charge on any atom is 0.251 e. The molecule has 156 valence electrons. The van der Waals surface area contributed by atoms with E-state index in [1.54, 1.807) is 6.07 Å². The van der Waals surface area contributed by atoms with Crippen LogP contribution >= 0.6 is 11.6 Å². The molecule has 4 nitrogen and oxygen atoms in total. The van der Waals surface area contributed by atoms with Gasteiger partial charge in [-0.15, -0.1) is 0 Å². The first-order valence-corrected chi connectivity index (χ1v) is 10.3. The van der Waals surface area contributed by atoms with E-state index in [1.165, 1.54) is 5.56 Å². The van der Waals surface area contributed by atoms with Crippen LogP contribution in [0.5, 0.6) is 11.5 Å². The largest absolute Gasteiger partial charge is 0.493 e. The summed E-state index contributed by atoms with van der Waals surface area (Å²) in [6.07, 6.45) is 0. The Labute approximate surface area is 182 Å². The summed E-state index contributed by atoms with van der Waals surface area (Å²) in [6, 6.07) is 19.0. The molecule has 0 heterocycles. The molecule has 0 aliphatic rings. The second-order valence-corrected chi connectivity index (χ2v) is 7.53. The Morgan fingerprint density at radius 2 is 1.73 bits per heavy atom. The van der Waals surface area contributed by atoms with Gasteiger partial charge in [-0.2, -0.15) is 0 Å². The van der Waals surface area contributed by atoms with E-state index >= 15 is 0 Å². The Bertz CT molecular complexity index is 1020. The van der Waals surface area contributed by atoms with Crippen molar-refractivity contribution >= 4 is 17.5 Å². The van der Waals surface area contributed by atoms with E-state index in [1.807, 2.05) is 75.4 Å². The minimum atomic E-state index is -0.137. The molecule has 0 fully saturated rings. The van der Waals surface area contributed by atoms with Gasteiger partial charge in [0.05, 0.1) is 6.61 Å². The van der Waals surface area contributed by atoms with Gasteiger partial charge in [0.1, 0.15) is 18.1 Å². The number of nitrogens with one attached hydrogen (secondary N) is 1. The first-order valence-electron chi connectivity index (χ1n) is 9.94. The Balaban J connectivity index is 1.71. The number of rotatable bonds is 8. The highest BCUT2D eigenvalue weighted by atomic mass is 35.5. The third-order valence-corrected chi connectivity index (χ3v) is 5.14. The summed E-state index contributed by atoms with van der Waals surface area (Å²) in [5, 5.41) is 3.66. The van der Waals surface area contributed by atoms with Gasteiger partial charge in [-0.05, 0) is 68.3 Å². The standard InChI is InChI=1S/C25H26ClNO3/c1-4-29-24-12-9-20(25(28)27-15-19-7-5-17(2)6-8-19)14-21(24)16-30-22-10-11-23(26)18(3)13-22/h5-14H,4,15-16H2,1-3H3,(H,27,28). The topological polar surface area (TPSA) is 47.6 Å². The molecule has 0 radical (unpaired) electrons. The van der Waals surface area contributed by atoms with Crippen LogP contribution in [-0.4, -0.2) is 12.5 Å². The number of hydrogen-bond acceptors (Lipinski definition) is 3. The van der Waals surface area contributed by atoms with Crippen LogP contribution in [0.3, 0.4) is 0 Å². The maximum atomic E-state index is 12.7. The van der Waals surface area contributed by atoms with Gasteiger partial charge in [-0.1, -0.05) is 41.4 Å². The SMILES string of the molecule is CCOc1ccc(C(=O)NCc2ccc(C)cc2)cc1COc1ccc(Cl)c(C)c1. The number of carbonyl (C=O) groups is 1. The summed E-state index contributed by atoms with van der Waals surface area (Å²) < 4.78 is 11.6. The fourth-order valence-electron chi connectivity index (χ4n) is 2.99. The molecule has 0 bridgehead atoms. The van der Waals surface area contributed by atoms with Crippen molar-refractivity contribution in [2.45, 2.75) is 33.9 Å². The van der Waals surface area contributed by atoms with Crippen molar-refractivity contribution in [3.63, 3.8) is 0 Å². The lowest BCUT2D eigenvalue weighted by Crippen LogP contribution is -2.23. The van der Waals surface area contributed by atoms with E-state index in [-0.39, 0.29) is 12.5 Å². The van der Waals surface area contributed by atoms with Gasteiger partial charge in [0.2, 0.25) is 0 Å². The second-order valence-electron chi connectivity index (χ2n) is 7.12. The number of amides is 1. The molecule has 0 saturated heterocycles. The molecule has 0 aliphatic carbocycles.